The number of nitrogens with one attached hydrogen (secondary N) is 1. The molecule has 6 nitrogen and oxygen atoms in total. The van der Waals surface area contributed by atoms with E-state index in [0.29, 0.717) is 36.2 Å². The molecule has 0 radical (unpaired) electrons. The van der Waals surface area contributed by atoms with Crippen LogP contribution >= 0.6 is 0 Å². The normalized spacial score (nSPS) is 10.5. The number of carbonyl (C=O) groups is 1. The molecule has 3 rings (SSSR count). The highest BCUT2D eigenvalue weighted by Crippen LogP contribution is 2.20. The Labute approximate surface area is 145 Å². The second-order valence-electron chi connectivity index (χ2n) is 5.49. The molecule has 25 heavy (non-hydrogen) atoms. The number of ether oxygens (including phenoxy) is 1. The summed E-state index contributed by atoms with van der Waals surface area (Å²) in [7, 11) is 0. The molecule has 0 spiro atoms. The van der Waals surface area contributed by atoms with E-state index in [-0.39, 0.29) is 5.97 Å². The summed E-state index contributed by atoms with van der Waals surface area (Å²) in [4.78, 5) is 12.0. The van der Waals surface area contributed by atoms with Crippen molar-refractivity contribution in [3.8, 4) is 11.5 Å². The molecular weight excluding hydrogens is 318 g/mol. The Kier molecular flexibility index (Phi) is 5.09. The number of rotatable bonds is 6. The highest BCUT2D eigenvalue weighted by Gasteiger charge is 2.13. The maximum Gasteiger partial charge on any atom is 0.340 e. The summed E-state index contributed by atoms with van der Waals surface area (Å²) in [5, 5.41) is 11.3. The predicted octanol–water partition coefficient (Wildman–Crippen LogP) is 3.83. The van der Waals surface area contributed by atoms with E-state index in [1.165, 1.54) is 0 Å². The molecule has 0 amide bonds. The average Bonchev–Trinajstić information content (AvgIpc) is 3.09. The zero-order chi connectivity index (χ0) is 17.6. The van der Waals surface area contributed by atoms with Gasteiger partial charge in [0.05, 0.1) is 18.7 Å². The minimum absolute atomic E-state index is 0.315. The van der Waals surface area contributed by atoms with Gasteiger partial charge in [-0.25, -0.2) is 4.79 Å². The van der Waals surface area contributed by atoms with E-state index in [4.69, 9.17) is 9.15 Å². The molecule has 1 heterocycles. The molecular formula is C19H19N3O3. The fourth-order valence-electron chi connectivity index (χ4n) is 2.41. The van der Waals surface area contributed by atoms with Crippen LogP contribution in [0.4, 0.5) is 5.69 Å². The fraction of sp³-hybridized carbons (Fsp3) is 0.211. The lowest BCUT2D eigenvalue weighted by Crippen LogP contribution is -2.09. The van der Waals surface area contributed by atoms with Crippen molar-refractivity contribution in [3.63, 3.8) is 0 Å². The second-order valence-corrected chi connectivity index (χ2v) is 5.49. The SMILES string of the molecule is CCOC(=O)c1ccccc1NCc1nnc(-c2cccc(C)c2)o1. The van der Waals surface area contributed by atoms with Crippen LogP contribution in [0.5, 0.6) is 0 Å². The van der Waals surface area contributed by atoms with Gasteiger partial charge in [-0.2, -0.15) is 0 Å². The molecule has 0 aliphatic rings. The Balaban J connectivity index is 1.72. The van der Waals surface area contributed by atoms with Gasteiger partial charge in [0.25, 0.3) is 0 Å². The molecule has 1 N–H and O–H groups in total. The fourth-order valence-corrected chi connectivity index (χ4v) is 2.41. The van der Waals surface area contributed by atoms with Crippen LogP contribution in [-0.4, -0.2) is 22.8 Å². The summed E-state index contributed by atoms with van der Waals surface area (Å²) < 4.78 is 10.8. The van der Waals surface area contributed by atoms with Crippen molar-refractivity contribution in [3.05, 3.63) is 65.5 Å². The first kappa shape index (κ1) is 16.7. The number of benzene rings is 2. The van der Waals surface area contributed by atoms with E-state index in [9.17, 15) is 4.79 Å². The average molecular weight is 337 g/mol. The van der Waals surface area contributed by atoms with E-state index < -0.39 is 0 Å². The summed E-state index contributed by atoms with van der Waals surface area (Å²) in [6, 6.07) is 15.0. The number of carbonyl (C=O) groups excluding carboxylic acids is 1. The van der Waals surface area contributed by atoms with Crippen molar-refractivity contribution >= 4 is 11.7 Å². The lowest BCUT2D eigenvalue weighted by molar-refractivity contribution is 0.0527. The summed E-state index contributed by atoms with van der Waals surface area (Å²) in [5.74, 6) is 0.547. The van der Waals surface area contributed by atoms with Crippen LogP contribution in [0.3, 0.4) is 0 Å². The van der Waals surface area contributed by atoms with Gasteiger partial charge < -0.3 is 14.5 Å². The highest BCUT2D eigenvalue weighted by atomic mass is 16.5. The van der Waals surface area contributed by atoms with Crippen LogP contribution in [0.1, 0.15) is 28.7 Å². The van der Waals surface area contributed by atoms with E-state index in [2.05, 4.69) is 15.5 Å². The standard InChI is InChI=1S/C19H19N3O3/c1-3-24-19(23)15-9-4-5-10-16(15)20-12-17-21-22-18(25-17)14-8-6-7-13(2)11-14/h4-11,20H,3,12H2,1-2H3. The molecule has 6 heteroatoms. The lowest BCUT2D eigenvalue weighted by Gasteiger charge is -2.09. The third kappa shape index (κ3) is 4.03. The van der Waals surface area contributed by atoms with Crippen molar-refractivity contribution in [2.75, 3.05) is 11.9 Å². The molecule has 0 saturated carbocycles. The van der Waals surface area contributed by atoms with Gasteiger partial charge in [-0.05, 0) is 38.1 Å². The predicted molar refractivity (Wildman–Crippen MR) is 94.2 cm³/mol. The van der Waals surface area contributed by atoms with Gasteiger partial charge in [-0.15, -0.1) is 10.2 Å². The molecule has 0 fully saturated rings. The Bertz CT molecular complexity index is 874. The highest BCUT2D eigenvalue weighted by molar-refractivity contribution is 5.95. The van der Waals surface area contributed by atoms with Gasteiger partial charge >= 0.3 is 5.97 Å². The van der Waals surface area contributed by atoms with Crippen molar-refractivity contribution in [2.24, 2.45) is 0 Å². The Morgan fingerprint density at radius 2 is 2.00 bits per heavy atom. The van der Waals surface area contributed by atoms with Crippen molar-refractivity contribution in [1.82, 2.24) is 10.2 Å². The minimum atomic E-state index is -0.364. The van der Waals surface area contributed by atoms with Crippen LogP contribution in [0.25, 0.3) is 11.5 Å². The first-order valence-electron chi connectivity index (χ1n) is 8.07. The molecule has 0 aliphatic carbocycles. The summed E-state index contributed by atoms with van der Waals surface area (Å²) in [5.41, 5.74) is 3.14. The van der Waals surface area contributed by atoms with Gasteiger partial charge in [-0.1, -0.05) is 29.8 Å². The van der Waals surface area contributed by atoms with Crippen LogP contribution in [0.15, 0.2) is 52.9 Å². The van der Waals surface area contributed by atoms with Gasteiger partial charge in [0.2, 0.25) is 11.8 Å². The van der Waals surface area contributed by atoms with Crippen molar-refractivity contribution in [2.45, 2.75) is 20.4 Å². The number of aryl methyl sites for hydroxylation is 1. The van der Waals surface area contributed by atoms with Crippen LogP contribution in [0, 0.1) is 6.92 Å². The molecule has 3 aromatic rings. The third-order valence-electron chi connectivity index (χ3n) is 3.58. The largest absolute Gasteiger partial charge is 0.462 e. The molecule has 0 unspecified atom stereocenters. The first-order chi connectivity index (χ1) is 12.2. The summed E-state index contributed by atoms with van der Waals surface area (Å²) in [6.45, 7) is 4.43. The van der Waals surface area contributed by atoms with Crippen LogP contribution in [0.2, 0.25) is 0 Å². The molecule has 0 bridgehead atoms. The van der Waals surface area contributed by atoms with E-state index >= 15 is 0 Å². The number of aromatic nitrogens is 2. The zero-order valence-corrected chi connectivity index (χ0v) is 14.2. The first-order valence-corrected chi connectivity index (χ1v) is 8.07. The summed E-state index contributed by atoms with van der Waals surface area (Å²) in [6.07, 6.45) is 0. The molecule has 128 valence electrons. The van der Waals surface area contributed by atoms with Gasteiger partial charge in [0, 0.05) is 11.3 Å². The molecule has 0 saturated heterocycles. The smallest absolute Gasteiger partial charge is 0.340 e. The number of para-hydroxylation sites is 1. The van der Waals surface area contributed by atoms with Crippen LogP contribution < -0.4 is 5.32 Å². The topological polar surface area (TPSA) is 77.2 Å². The maximum atomic E-state index is 12.0. The number of nitrogens with zero attached hydrogens (tertiary/aromatic N) is 2. The number of anilines is 1. The van der Waals surface area contributed by atoms with E-state index in [0.717, 1.165) is 11.1 Å². The number of esters is 1. The Morgan fingerprint density at radius 3 is 2.80 bits per heavy atom. The quantitative estimate of drug-likeness (QED) is 0.689. The van der Waals surface area contributed by atoms with Crippen molar-refractivity contribution in [1.29, 1.82) is 0 Å². The van der Waals surface area contributed by atoms with Gasteiger partial charge in [0.15, 0.2) is 0 Å². The van der Waals surface area contributed by atoms with Gasteiger partial charge in [-0.3, -0.25) is 0 Å². The molecule has 2 aromatic carbocycles. The zero-order valence-electron chi connectivity index (χ0n) is 14.2. The minimum Gasteiger partial charge on any atom is -0.462 e. The second kappa shape index (κ2) is 7.61. The maximum absolute atomic E-state index is 12.0. The lowest BCUT2D eigenvalue weighted by atomic mass is 10.1. The molecule has 1 aromatic heterocycles. The Morgan fingerprint density at radius 1 is 1.16 bits per heavy atom. The van der Waals surface area contributed by atoms with Gasteiger partial charge in [0.1, 0.15) is 0 Å². The van der Waals surface area contributed by atoms with Crippen LogP contribution in [-0.2, 0) is 11.3 Å². The van der Waals surface area contributed by atoms with Crippen molar-refractivity contribution < 1.29 is 13.9 Å². The Hall–Kier alpha value is -3.15. The molecule has 0 atom stereocenters. The molecule has 0 aliphatic heterocycles. The number of hydrogen-bond donors (Lipinski definition) is 1. The monoisotopic (exact) mass is 337 g/mol. The summed E-state index contributed by atoms with van der Waals surface area (Å²) >= 11 is 0. The van der Waals surface area contributed by atoms with E-state index in [1.807, 2.05) is 43.3 Å². The third-order valence-corrected chi connectivity index (χ3v) is 3.58. The van der Waals surface area contributed by atoms with E-state index in [1.54, 1.807) is 19.1 Å². The number of hydrogen-bond acceptors (Lipinski definition) is 6.